The molecule has 2 aromatic rings. The Labute approximate surface area is 117 Å². The van der Waals surface area contributed by atoms with Gasteiger partial charge in [-0.2, -0.15) is 0 Å². The number of hydrogen-bond donors (Lipinski definition) is 2. The maximum Gasteiger partial charge on any atom is 0.175 e. The van der Waals surface area contributed by atoms with Gasteiger partial charge in [0, 0.05) is 17.5 Å². The maximum absolute atomic E-state index is 11.5. The van der Waals surface area contributed by atoms with Gasteiger partial charge in [-0.15, -0.1) is 0 Å². The first-order valence-corrected chi connectivity index (χ1v) is 7.79. The second-order valence-electron chi connectivity index (χ2n) is 4.58. The number of imidazole rings is 1. The smallest absolute Gasteiger partial charge is 0.175 e. The first-order valence-electron chi connectivity index (χ1n) is 5.90. The van der Waals surface area contributed by atoms with E-state index in [2.05, 4.69) is 16.5 Å². The number of H-pyrrole nitrogens is 1. The average Bonchev–Trinajstić information content (AvgIpc) is 2.77. The number of aromatic amines is 1. The molecule has 0 spiro atoms. The molecular formula is C14H15N3O2S. The third kappa shape index (κ3) is 3.03. The fraction of sp³-hybridized carbons (Fsp3) is 0.143. The highest BCUT2D eigenvalue weighted by Gasteiger charge is 2.10. The first-order chi connectivity index (χ1) is 9.27. The Morgan fingerprint density at radius 1 is 1.40 bits per heavy atom. The standard InChI is InChI=1S/C14H15N3O2S/c1-9(4-5-10(2)15)14-16-12-7-6-11(20(3,18)19)8-13(12)17-14/h4-8,15H,1H2,2-3H3,(H,16,17)/b5-4-,15-10?. The van der Waals surface area contributed by atoms with Crippen molar-refractivity contribution in [2.45, 2.75) is 11.8 Å². The van der Waals surface area contributed by atoms with Crippen molar-refractivity contribution in [1.82, 2.24) is 9.97 Å². The van der Waals surface area contributed by atoms with Crippen LogP contribution in [0.2, 0.25) is 0 Å². The minimum atomic E-state index is -3.24. The Hall–Kier alpha value is -2.21. The number of fused-ring (bicyclic) bond motifs is 1. The van der Waals surface area contributed by atoms with Gasteiger partial charge in [0.25, 0.3) is 0 Å². The minimum absolute atomic E-state index is 0.247. The van der Waals surface area contributed by atoms with Gasteiger partial charge in [-0.3, -0.25) is 0 Å². The Kier molecular flexibility index (Phi) is 3.59. The van der Waals surface area contributed by atoms with Gasteiger partial charge in [0.05, 0.1) is 15.9 Å². The molecule has 0 aliphatic rings. The Morgan fingerprint density at radius 2 is 2.10 bits per heavy atom. The van der Waals surface area contributed by atoms with Gasteiger partial charge in [0.15, 0.2) is 9.84 Å². The van der Waals surface area contributed by atoms with E-state index in [1.54, 1.807) is 31.2 Å². The fourth-order valence-corrected chi connectivity index (χ4v) is 2.32. The summed E-state index contributed by atoms with van der Waals surface area (Å²) in [6, 6.07) is 4.74. The lowest BCUT2D eigenvalue weighted by molar-refractivity contribution is 0.602. The summed E-state index contributed by atoms with van der Waals surface area (Å²) in [5, 5.41) is 7.33. The number of rotatable bonds is 4. The fourth-order valence-electron chi connectivity index (χ4n) is 1.68. The highest BCUT2D eigenvalue weighted by atomic mass is 32.2. The van der Waals surface area contributed by atoms with Crippen LogP contribution in [0.25, 0.3) is 16.6 Å². The van der Waals surface area contributed by atoms with Gasteiger partial charge >= 0.3 is 0 Å². The summed E-state index contributed by atoms with van der Waals surface area (Å²) >= 11 is 0. The van der Waals surface area contributed by atoms with Crippen LogP contribution in [0.3, 0.4) is 0 Å². The lowest BCUT2D eigenvalue weighted by Gasteiger charge is -1.96. The van der Waals surface area contributed by atoms with E-state index >= 15 is 0 Å². The maximum atomic E-state index is 11.5. The first kappa shape index (κ1) is 14.2. The van der Waals surface area contributed by atoms with Crippen LogP contribution in [0.15, 0.2) is 41.8 Å². The molecule has 0 bridgehead atoms. The highest BCUT2D eigenvalue weighted by Crippen LogP contribution is 2.20. The number of allylic oxidation sites excluding steroid dienone is 3. The molecular weight excluding hydrogens is 274 g/mol. The number of benzene rings is 1. The zero-order valence-electron chi connectivity index (χ0n) is 11.3. The molecule has 104 valence electrons. The van der Waals surface area contributed by atoms with Crippen LogP contribution in [0.4, 0.5) is 0 Å². The summed E-state index contributed by atoms with van der Waals surface area (Å²) in [5.74, 6) is 0.558. The summed E-state index contributed by atoms with van der Waals surface area (Å²) in [6.45, 7) is 5.54. The van der Waals surface area contributed by atoms with E-state index in [0.29, 0.717) is 28.1 Å². The summed E-state index contributed by atoms with van der Waals surface area (Å²) < 4.78 is 23.0. The van der Waals surface area contributed by atoms with Crippen LogP contribution in [0.5, 0.6) is 0 Å². The number of nitrogens with one attached hydrogen (secondary N) is 2. The number of nitrogens with zero attached hydrogens (tertiary/aromatic N) is 1. The SMILES string of the molecule is C=C(/C=C\C(C)=N)c1nc2ccc(S(C)(=O)=O)cc2[nH]1. The second-order valence-corrected chi connectivity index (χ2v) is 6.59. The molecule has 5 nitrogen and oxygen atoms in total. The summed E-state index contributed by atoms with van der Waals surface area (Å²) in [7, 11) is -3.24. The summed E-state index contributed by atoms with van der Waals surface area (Å²) in [4.78, 5) is 7.62. The zero-order chi connectivity index (χ0) is 14.9. The van der Waals surface area contributed by atoms with Crippen molar-refractivity contribution in [1.29, 1.82) is 5.41 Å². The van der Waals surface area contributed by atoms with E-state index in [1.165, 1.54) is 12.3 Å². The van der Waals surface area contributed by atoms with E-state index in [-0.39, 0.29) is 4.90 Å². The van der Waals surface area contributed by atoms with Crippen molar-refractivity contribution >= 4 is 32.2 Å². The molecule has 0 amide bonds. The monoisotopic (exact) mass is 289 g/mol. The highest BCUT2D eigenvalue weighted by molar-refractivity contribution is 7.90. The largest absolute Gasteiger partial charge is 0.338 e. The molecule has 0 atom stereocenters. The molecule has 0 aliphatic heterocycles. The summed E-state index contributed by atoms with van der Waals surface area (Å²) in [5.41, 5.74) is 2.37. The van der Waals surface area contributed by atoms with Gasteiger partial charge in [0.1, 0.15) is 5.82 Å². The number of sulfone groups is 1. The van der Waals surface area contributed by atoms with E-state index in [9.17, 15) is 8.42 Å². The third-order valence-electron chi connectivity index (χ3n) is 2.72. The van der Waals surface area contributed by atoms with Gasteiger partial charge in [0.2, 0.25) is 0 Å². The number of hydrogen-bond acceptors (Lipinski definition) is 4. The average molecular weight is 289 g/mol. The molecule has 2 N–H and O–H groups in total. The molecule has 20 heavy (non-hydrogen) atoms. The molecule has 0 radical (unpaired) electrons. The van der Waals surface area contributed by atoms with Crippen molar-refractivity contribution in [3.8, 4) is 0 Å². The molecule has 0 fully saturated rings. The zero-order valence-corrected chi connectivity index (χ0v) is 12.1. The molecule has 0 saturated heterocycles. The Morgan fingerprint density at radius 3 is 2.70 bits per heavy atom. The second kappa shape index (κ2) is 5.05. The molecule has 1 heterocycles. The van der Waals surface area contributed by atoms with Crippen LogP contribution in [-0.2, 0) is 9.84 Å². The van der Waals surface area contributed by atoms with Crippen LogP contribution < -0.4 is 0 Å². The van der Waals surface area contributed by atoms with Gasteiger partial charge in [-0.05, 0) is 31.2 Å². The molecule has 0 aliphatic carbocycles. The molecule has 0 saturated carbocycles. The van der Waals surface area contributed by atoms with E-state index in [0.717, 1.165) is 0 Å². The molecule has 1 aromatic heterocycles. The minimum Gasteiger partial charge on any atom is -0.338 e. The Bertz CT molecular complexity index is 829. The normalized spacial score (nSPS) is 12.1. The molecule has 6 heteroatoms. The quantitative estimate of drug-likeness (QED) is 0.670. The van der Waals surface area contributed by atoms with Crippen LogP contribution in [0.1, 0.15) is 12.7 Å². The molecule has 2 rings (SSSR count). The van der Waals surface area contributed by atoms with Crippen LogP contribution in [0, 0.1) is 5.41 Å². The predicted molar refractivity (Wildman–Crippen MR) is 80.8 cm³/mol. The third-order valence-corrected chi connectivity index (χ3v) is 3.83. The van der Waals surface area contributed by atoms with Gasteiger partial charge < -0.3 is 10.4 Å². The number of aromatic nitrogens is 2. The van der Waals surface area contributed by atoms with Crippen molar-refractivity contribution in [3.05, 3.63) is 42.8 Å². The summed E-state index contributed by atoms with van der Waals surface area (Å²) in [6.07, 6.45) is 4.48. The lowest BCUT2D eigenvalue weighted by atomic mass is 10.2. The van der Waals surface area contributed by atoms with Crippen molar-refractivity contribution in [2.75, 3.05) is 6.26 Å². The molecule has 1 aromatic carbocycles. The predicted octanol–water partition coefficient (Wildman–Crippen LogP) is 2.58. The van der Waals surface area contributed by atoms with Crippen LogP contribution in [-0.4, -0.2) is 30.4 Å². The topological polar surface area (TPSA) is 86.7 Å². The van der Waals surface area contributed by atoms with Crippen molar-refractivity contribution in [2.24, 2.45) is 0 Å². The van der Waals surface area contributed by atoms with Crippen molar-refractivity contribution in [3.63, 3.8) is 0 Å². The van der Waals surface area contributed by atoms with E-state index in [1.807, 2.05) is 0 Å². The Balaban J connectivity index is 2.44. The lowest BCUT2D eigenvalue weighted by Crippen LogP contribution is -1.96. The van der Waals surface area contributed by atoms with E-state index in [4.69, 9.17) is 5.41 Å². The van der Waals surface area contributed by atoms with Gasteiger partial charge in [-0.25, -0.2) is 13.4 Å². The van der Waals surface area contributed by atoms with Gasteiger partial charge in [-0.1, -0.05) is 12.7 Å². The van der Waals surface area contributed by atoms with Crippen LogP contribution >= 0.6 is 0 Å². The van der Waals surface area contributed by atoms with E-state index < -0.39 is 9.84 Å². The molecule has 0 unspecified atom stereocenters. The van der Waals surface area contributed by atoms with Crippen molar-refractivity contribution < 1.29 is 8.42 Å².